The van der Waals surface area contributed by atoms with Gasteiger partial charge in [-0.3, -0.25) is 4.79 Å². The fourth-order valence-corrected chi connectivity index (χ4v) is 2.80. The minimum Gasteiger partial charge on any atom is -0.388 e. The van der Waals surface area contributed by atoms with Crippen LogP contribution in [0.25, 0.3) is 0 Å². The van der Waals surface area contributed by atoms with Crippen LogP contribution in [0.15, 0.2) is 12.3 Å². The molecule has 1 aliphatic rings. The lowest BCUT2D eigenvalue weighted by Crippen LogP contribution is -2.45. The highest BCUT2D eigenvalue weighted by Gasteiger charge is 2.32. The van der Waals surface area contributed by atoms with Crippen molar-refractivity contribution < 1.29 is 9.90 Å². The molecule has 4 nitrogen and oxygen atoms in total. The number of carbonyl (C=O) groups is 1. The molecule has 1 amide bonds. The third-order valence-corrected chi connectivity index (χ3v) is 4.30. The van der Waals surface area contributed by atoms with Gasteiger partial charge in [-0.15, -0.1) is 0 Å². The molecule has 0 atom stereocenters. The molecule has 2 rings (SSSR count). The van der Waals surface area contributed by atoms with Gasteiger partial charge in [0.1, 0.15) is 5.69 Å². The molecule has 106 valence electrons. The maximum atomic E-state index is 11.9. The summed E-state index contributed by atoms with van der Waals surface area (Å²) in [7, 11) is 0. The summed E-state index contributed by atoms with van der Waals surface area (Å²) in [5.41, 5.74) is -0.326. The number of hydrogen-bond donors (Lipinski definition) is 3. The Balaban J connectivity index is 1.83. The summed E-state index contributed by atoms with van der Waals surface area (Å²) in [6.07, 6.45) is 6.34. The molecule has 1 aromatic rings. The second-order valence-corrected chi connectivity index (χ2v) is 5.93. The van der Waals surface area contributed by atoms with Crippen molar-refractivity contribution in [2.24, 2.45) is 5.92 Å². The van der Waals surface area contributed by atoms with Crippen molar-refractivity contribution in [2.75, 3.05) is 6.54 Å². The number of rotatable bonds is 4. The van der Waals surface area contributed by atoms with Crippen molar-refractivity contribution in [2.45, 2.75) is 44.6 Å². The van der Waals surface area contributed by atoms with Crippen LogP contribution in [0.3, 0.4) is 0 Å². The van der Waals surface area contributed by atoms with Gasteiger partial charge >= 0.3 is 0 Å². The smallest absolute Gasteiger partial charge is 0.267 e. The number of aromatic nitrogens is 1. The lowest BCUT2D eigenvalue weighted by Gasteiger charge is -2.35. The van der Waals surface area contributed by atoms with Gasteiger partial charge in [0.15, 0.2) is 0 Å². The van der Waals surface area contributed by atoms with Gasteiger partial charge in [0.25, 0.3) is 5.91 Å². The van der Waals surface area contributed by atoms with Crippen LogP contribution in [0.1, 0.15) is 49.5 Å². The molecule has 0 aliphatic heterocycles. The number of aromatic amines is 1. The van der Waals surface area contributed by atoms with E-state index in [9.17, 15) is 9.90 Å². The summed E-state index contributed by atoms with van der Waals surface area (Å²) in [5, 5.41) is 13.7. The van der Waals surface area contributed by atoms with Gasteiger partial charge in [0.05, 0.1) is 10.6 Å². The molecule has 1 aliphatic carbocycles. The molecule has 1 saturated carbocycles. The van der Waals surface area contributed by atoms with Crippen molar-refractivity contribution in [1.82, 2.24) is 10.3 Å². The molecular weight excluding hydrogens is 264 g/mol. The summed E-state index contributed by atoms with van der Waals surface area (Å²) < 4.78 is 0. The number of nitrogens with one attached hydrogen (secondary N) is 2. The highest BCUT2D eigenvalue weighted by atomic mass is 35.5. The largest absolute Gasteiger partial charge is 0.388 e. The molecule has 1 aromatic heterocycles. The van der Waals surface area contributed by atoms with Gasteiger partial charge in [-0.25, -0.2) is 0 Å². The molecule has 0 radical (unpaired) electrons. The Morgan fingerprint density at radius 3 is 2.79 bits per heavy atom. The van der Waals surface area contributed by atoms with E-state index < -0.39 is 5.60 Å². The molecule has 0 unspecified atom stereocenters. The Kier molecular flexibility index (Phi) is 4.53. The average molecular weight is 285 g/mol. The summed E-state index contributed by atoms with van der Waals surface area (Å²) in [5.74, 6) is 0.496. The third-order valence-electron chi connectivity index (χ3n) is 4.08. The van der Waals surface area contributed by atoms with Gasteiger partial charge in [0, 0.05) is 12.7 Å². The van der Waals surface area contributed by atoms with Gasteiger partial charge < -0.3 is 15.4 Å². The van der Waals surface area contributed by atoms with Crippen LogP contribution in [0.2, 0.25) is 5.02 Å². The zero-order valence-corrected chi connectivity index (χ0v) is 12.0. The Morgan fingerprint density at radius 2 is 2.26 bits per heavy atom. The maximum Gasteiger partial charge on any atom is 0.267 e. The molecule has 0 aromatic carbocycles. The molecule has 5 heteroatoms. The average Bonchev–Trinajstić information content (AvgIpc) is 2.84. The normalized spacial score (nSPS) is 27.2. The monoisotopic (exact) mass is 284 g/mol. The topological polar surface area (TPSA) is 65.1 Å². The van der Waals surface area contributed by atoms with Crippen LogP contribution < -0.4 is 5.32 Å². The maximum absolute atomic E-state index is 11.9. The first-order valence-electron chi connectivity index (χ1n) is 6.87. The molecule has 3 N–H and O–H groups in total. The second-order valence-electron chi connectivity index (χ2n) is 5.49. The lowest BCUT2D eigenvalue weighted by atomic mass is 9.78. The van der Waals surface area contributed by atoms with Crippen molar-refractivity contribution in [1.29, 1.82) is 0 Å². The van der Waals surface area contributed by atoms with Crippen LogP contribution in [0.5, 0.6) is 0 Å². The van der Waals surface area contributed by atoms with Gasteiger partial charge in [-0.05, 0) is 37.7 Å². The number of hydrogen-bond acceptors (Lipinski definition) is 2. The zero-order chi connectivity index (χ0) is 13.9. The van der Waals surface area contributed by atoms with Crippen molar-refractivity contribution in [3.05, 3.63) is 23.0 Å². The Bertz CT molecular complexity index is 436. The van der Waals surface area contributed by atoms with E-state index in [0.717, 1.165) is 31.6 Å². The number of aliphatic hydroxyl groups is 1. The number of carbonyl (C=O) groups excluding carboxylic acids is 1. The van der Waals surface area contributed by atoms with E-state index in [1.807, 2.05) is 0 Å². The molecular formula is C14H21ClN2O2. The fraction of sp³-hybridized carbons (Fsp3) is 0.643. The summed E-state index contributed by atoms with van der Waals surface area (Å²) in [6, 6.07) is 1.58. The fourth-order valence-electron chi connectivity index (χ4n) is 2.64. The van der Waals surface area contributed by atoms with Crippen molar-refractivity contribution in [3.63, 3.8) is 0 Å². The first-order valence-corrected chi connectivity index (χ1v) is 7.25. The number of amides is 1. The van der Waals surface area contributed by atoms with E-state index in [1.54, 1.807) is 12.3 Å². The van der Waals surface area contributed by atoms with Crippen molar-refractivity contribution in [3.8, 4) is 0 Å². The van der Waals surface area contributed by atoms with Crippen LogP contribution in [-0.2, 0) is 0 Å². The third kappa shape index (κ3) is 3.74. The Labute approximate surface area is 118 Å². The van der Waals surface area contributed by atoms with E-state index in [0.29, 0.717) is 17.3 Å². The molecule has 1 fully saturated rings. The first kappa shape index (κ1) is 14.4. The highest BCUT2D eigenvalue weighted by Crippen LogP contribution is 2.33. The summed E-state index contributed by atoms with van der Waals surface area (Å²) >= 11 is 5.75. The predicted molar refractivity (Wildman–Crippen MR) is 75.3 cm³/mol. The van der Waals surface area contributed by atoms with Gasteiger partial charge in [0.2, 0.25) is 0 Å². The van der Waals surface area contributed by atoms with Gasteiger partial charge in [-0.2, -0.15) is 0 Å². The van der Waals surface area contributed by atoms with E-state index in [2.05, 4.69) is 17.2 Å². The second kappa shape index (κ2) is 5.97. The first-order chi connectivity index (χ1) is 9.02. The number of H-pyrrole nitrogens is 1. The quantitative estimate of drug-likeness (QED) is 0.796. The zero-order valence-electron chi connectivity index (χ0n) is 11.2. The highest BCUT2D eigenvalue weighted by molar-refractivity contribution is 6.30. The molecule has 0 spiro atoms. The lowest BCUT2D eigenvalue weighted by molar-refractivity contribution is -0.00789. The SMILES string of the molecule is CCC1CCC(O)(CNC(=O)c2cc(Cl)c[nH]2)CC1. The summed E-state index contributed by atoms with van der Waals surface area (Å²) in [4.78, 5) is 14.6. The molecule has 1 heterocycles. The Hall–Kier alpha value is -1.00. The number of halogens is 1. The van der Waals surface area contributed by atoms with Crippen LogP contribution in [-0.4, -0.2) is 28.1 Å². The van der Waals surface area contributed by atoms with E-state index in [1.165, 1.54) is 6.42 Å². The van der Waals surface area contributed by atoms with Crippen LogP contribution >= 0.6 is 11.6 Å². The summed E-state index contributed by atoms with van der Waals surface area (Å²) in [6.45, 7) is 2.49. The Morgan fingerprint density at radius 1 is 1.58 bits per heavy atom. The minimum atomic E-state index is -0.752. The standard InChI is InChI=1S/C14H21ClN2O2/c1-2-10-3-5-14(19,6-4-10)9-17-13(18)12-7-11(15)8-16-12/h7-8,10,16,19H,2-6,9H2,1H3,(H,17,18). The molecule has 0 saturated heterocycles. The van der Waals surface area contributed by atoms with E-state index in [-0.39, 0.29) is 5.91 Å². The minimum absolute atomic E-state index is 0.224. The van der Waals surface area contributed by atoms with Crippen molar-refractivity contribution >= 4 is 17.5 Å². The predicted octanol–water partition coefficient (Wildman–Crippen LogP) is 2.73. The molecule has 0 bridgehead atoms. The molecule has 19 heavy (non-hydrogen) atoms. The van der Waals surface area contributed by atoms with E-state index >= 15 is 0 Å². The van der Waals surface area contributed by atoms with Gasteiger partial charge in [-0.1, -0.05) is 24.9 Å². The van der Waals surface area contributed by atoms with Crippen LogP contribution in [0.4, 0.5) is 0 Å². The van der Waals surface area contributed by atoms with Crippen LogP contribution in [0, 0.1) is 5.92 Å². The van der Waals surface area contributed by atoms with E-state index in [4.69, 9.17) is 11.6 Å².